The predicted octanol–water partition coefficient (Wildman–Crippen LogP) is 4.20. The van der Waals surface area contributed by atoms with Crippen molar-refractivity contribution in [2.45, 2.75) is 50.5 Å². The fourth-order valence-electron chi connectivity index (χ4n) is 8.15. The fourth-order valence-corrected chi connectivity index (χ4v) is 8.24. The highest BCUT2D eigenvalue weighted by molar-refractivity contribution is 6.18. The van der Waals surface area contributed by atoms with Crippen molar-refractivity contribution in [3.8, 4) is 11.5 Å². The molecule has 2 amide bonds. The first-order valence-corrected chi connectivity index (χ1v) is 23.4. The van der Waals surface area contributed by atoms with Crippen LogP contribution in [0, 0.1) is 0 Å². The van der Waals surface area contributed by atoms with E-state index in [2.05, 4.69) is 0 Å². The minimum absolute atomic E-state index is 0.0208. The lowest BCUT2D eigenvalue weighted by molar-refractivity contribution is -0.158. The lowest BCUT2D eigenvalue weighted by Crippen LogP contribution is -2.45. The molecule has 0 aliphatic carbocycles. The van der Waals surface area contributed by atoms with Crippen LogP contribution in [-0.2, 0) is 19.1 Å². The van der Waals surface area contributed by atoms with Gasteiger partial charge < -0.3 is 34.2 Å². The van der Waals surface area contributed by atoms with Gasteiger partial charge in [0.2, 0.25) is 11.8 Å². The van der Waals surface area contributed by atoms with Gasteiger partial charge in [-0.3, -0.25) is 37.9 Å². The Labute approximate surface area is 410 Å². The van der Waals surface area contributed by atoms with Crippen LogP contribution in [-0.4, -0.2) is 104 Å². The number of alkyl halides is 1. The fraction of sp³-hybridized carbons (Fsp3) is 0.294. The number of aromatic hydroxyl groups is 1. The van der Waals surface area contributed by atoms with Gasteiger partial charge in [-0.15, -0.1) is 11.6 Å². The van der Waals surface area contributed by atoms with Crippen molar-refractivity contribution in [1.29, 1.82) is 0 Å². The Morgan fingerprint density at radius 3 is 1.52 bits per heavy atom. The summed E-state index contributed by atoms with van der Waals surface area (Å²) in [5.41, 5.74) is -1.56. The Balaban J connectivity index is 0.000000175. The van der Waals surface area contributed by atoms with Gasteiger partial charge in [0.1, 0.15) is 30.2 Å². The van der Waals surface area contributed by atoms with Crippen LogP contribution >= 0.6 is 11.6 Å². The molecule has 3 unspecified atom stereocenters. The molecule has 3 aliphatic heterocycles. The Morgan fingerprint density at radius 2 is 1.08 bits per heavy atom. The second-order valence-corrected chi connectivity index (χ2v) is 16.6. The lowest BCUT2D eigenvalue weighted by atomic mass is 10.2. The molecule has 71 heavy (non-hydrogen) atoms. The van der Waals surface area contributed by atoms with Crippen LogP contribution in [0.2, 0.25) is 0 Å². The maximum Gasteiger partial charge on any atom is 0.338 e. The molecule has 2 N–H and O–H groups in total. The highest BCUT2D eigenvalue weighted by atomic mass is 35.5. The number of rotatable bonds is 12. The second kappa shape index (κ2) is 24.2. The third-order valence-electron chi connectivity index (χ3n) is 11.7. The molecule has 4 aromatic carbocycles. The number of hydrogen-bond donors (Lipinski definition) is 2. The molecule has 0 bridgehead atoms. The summed E-state index contributed by atoms with van der Waals surface area (Å²) in [5, 5.41) is 18.3. The normalized spacial score (nSPS) is 17.5. The van der Waals surface area contributed by atoms with Crippen molar-refractivity contribution in [3.63, 3.8) is 0 Å². The largest absolute Gasteiger partial charge is 0.508 e. The minimum atomic E-state index is -0.850. The maximum absolute atomic E-state index is 13.1. The number of nitrogens with zero attached hydrogens (tertiary/aromatic N) is 6. The molecule has 0 radical (unpaired) electrons. The number of phenolic OH excluding ortho intramolecular Hbond substituents is 1. The van der Waals surface area contributed by atoms with E-state index < -0.39 is 46.4 Å². The van der Waals surface area contributed by atoms with E-state index >= 15 is 0 Å². The van der Waals surface area contributed by atoms with Gasteiger partial charge in [0.15, 0.2) is 6.29 Å². The van der Waals surface area contributed by atoms with Crippen molar-refractivity contribution in [1.82, 2.24) is 18.3 Å². The molecule has 20 heteroatoms. The van der Waals surface area contributed by atoms with Crippen LogP contribution < -0.4 is 37.0 Å². The van der Waals surface area contributed by atoms with E-state index in [1.54, 1.807) is 77.7 Å². The van der Waals surface area contributed by atoms with Crippen LogP contribution in [0.15, 0.2) is 153 Å². The third kappa shape index (κ3) is 12.2. The van der Waals surface area contributed by atoms with Gasteiger partial charge in [0.05, 0.1) is 13.2 Å². The molecule has 3 atom stereocenters. The zero-order chi connectivity index (χ0) is 50.4. The number of amides is 2. The van der Waals surface area contributed by atoms with E-state index in [0.29, 0.717) is 64.7 Å². The first-order valence-electron chi connectivity index (χ1n) is 22.8. The summed E-state index contributed by atoms with van der Waals surface area (Å²) >= 11 is 5.44. The summed E-state index contributed by atoms with van der Waals surface area (Å²) in [6, 6.07) is 29.6. The molecule has 3 fully saturated rings. The monoisotopic (exact) mass is 990 g/mol. The number of carbonyl (C=O) groups excluding carboxylic acids is 4. The average Bonchev–Trinajstić information content (AvgIpc) is 3.97. The molecule has 2 aromatic heterocycles. The maximum atomic E-state index is 13.1. The van der Waals surface area contributed by atoms with Crippen molar-refractivity contribution in [3.05, 3.63) is 187 Å². The van der Waals surface area contributed by atoms with Gasteiger partial charge in [-0.05, 0) is 105 Å². The van der Waals surface area contributed by atoms with Crippen molar-refractivity contribution < 1.29 is 43.6 Å². The number of hydrogen-bond acceptors (Lipinski definition) is 13. The summed E-state index contributed by atoms with van der Waals surface area (Å²) in [6.45, 7) is 2.26. The molecular weight excluding hydrogens is 940 g/mol. The average molecular weight is 991 g/mol. The number of aliphatic hydroxyl groups is 1. The van der Waals surface area contributed by atoms with Crippen LogP contribution in [0.25, 0.3) is 0 Å². The van der Waals surface area contributed by atoms with Gasteiger partial charge in [-0.1, -0.05) is 36.4 Å². The molecule has 0 spiro atoms. The molecule has 6 aromatic rings. The topological polar surface area (TPSA) is 231 Å². The molecule has 0 saturated carbocycles. The summed E-state index contributed by atoms with van der Waals surface area (Å²) < 4.78 is 19.3. The lowest BCUT2D eigenvalue weighted by Gasteiger charge is -2.21. The van der Waals surface area contributed by atoms with Crippen LogP contribution in [0.3, 0.4) is 0 Å². The third-order valence-corrected chi connectivity index (χ3v) is 11.8. The van der Waals surface area contributed by atoms with Crippen LogP contribution in [0.5, 0.6) is 11.5 Å². The summed E-state index contributed by atoms with van der Waals surface area (Å²) in [7, 11) is 0. The van der Waals surface area contributed by atoms with Gasteiger partial charge in [0.25, 0.3) is 22.9 Å². The molecule has 3 aliphatic rings. The summed E-state index contributed by atoms with van der Waals surface area (Å²) in [5.74, 6) is -0.914. The number of halogens is 1. The number of aliphatic hydroxyl groups excluding tert-OH is 1. The van der Waals surface area contributed by atoms with E-state index in [9.17, 15) is 43.5 Å². The molecule has 19 nitrogen and oxygen atoms in total. The number of ether oxygens (including phenoxy) is 3. The van der Waals surface area contributed by atoms with Gasteiger partial charge in [0, 0.05) is 72.6 Å². The Bertz CT molecular complexity index is 3040. The quantitative estimate of drug-likeness (QED) is 0.164. The number of phenols is 1. The second-order valence-electron chi connectivity index (χ2n) is 16.2. The molecule has 5 heterocycles. The van der Waals surface area contributed by atoms with E-state index in [-0.39, 0.29) is 48.2 Å². The first-order chi connectivity index (χ1) is 34.4. The smallest absolute Gasteiger partial charge is 0.338 e. The van der Waals surface area contributed by atoms with Crippen molar-refractivity contribution in [2.24, 2.45) is 0 Å². The minimum Gasteiger partial charge on any atom is -0.508 e. The van der Waals surface area contributed by atoms with Crippen molar-refractivity contribution in [2.75, 3.05) is 55.2 Å². The zero-order valence-corrected chi connectivity index (χ0v) is 39.1. The summed E-state index contributed by atoms with van der Waals surface area (Å²) in [6.07, 6.45) is 6.63. The number of carbonyl (C=O) groups is 4. The molecule has 3 saturated heterocycles. The van der Waals surface area contributed by atoms with Crippen LogP contribution in [0.4, 0.5) is 11.4 Å². The Kier molecular flexibility index (Phi) is 17.4. The predicted molar refractivity (Wildman–Crippen MR) is 262 cm³/mol. The molecular formula is C51H51ClN6O13. The molecule has 370 valence electrons. The van der Waals surface area contributed by atoms with E-state index in [1.165, 1.54) is 66.5 Å². The van der Waals surface area contributed by atoms with Crippen LogP contribution in [0.1, 0.15) is 64.9 Å². The van der Waals surface area contributed by atoms with E-state index in [0.717, 1.165) is 34.3 Å². The van der Waals surface area contributed by atoms with E-state index in [1.807, 2.05) is 0 Å². The number of aromatic nitrogens is 4. The standard InChI is InChI=1S/C23H21N3O6.C21H17N3O5.C7H13ClO2/c27-14-15-32-18-8-6-17(7-9-18)24-12-10-19(22(24)30)25-13-11-20(28)26(23(25)31)21(29)16-4-2-1-3-5-16;25-16-8-6-15(7-9-16)22-12-10-17(20(22)28)23-13-11-18(26)24(21(23)29)19(27)14-4-2-1-3-5-14;8-4-6-10-7-3-1-2-5-9-7/h1-9,11,13,19,27H,10,12,14-15H2;1-9,11,13,17,25H,10,12H2;7H,1-6H2. The number of benzene rings is 4. The van der Waals surface area contributed by atoms with Gasteiger partial charge in [-0.2, -0.15) is 9.13 Å². The van der Waals surface area contributed by atoms with Gasteiger partial charge in [-0.25, -0.2) is 9.59 Å². The zero-order valence-electron chi connectivity index (χ0n) is 38.4. The highest BCUT2D eigenvalue weighted by Crippen LogP contribution is 2.30. The number of anilines is 2. The first kappa shape index (κ1) is 51.1. The summed E-state index contributed by atoms with van der Waals surface area (Å²) in [4.78, 5) is 105. The Morgan fingerprint density at radius 1 is 0.606 bits per heavy atom. The Hall–Kier alpha value is -7.71. The molecule has 9 rings (SSSR count). The van der Waals surface area contributed by atoms with Gasteiger partial charge >= 0.3 is 11.4 Å². The van der Waals surface area contributed by atoms with Crippen molar-refractivity contribution >= 4 is 46.6 Å². The van der Waals surface area contributed by atoms with E-state index in [4.69, 9.17) is 30.9 Å². The highest BCUT2D eigenvalue weighted by Gasteiger charge is 2.37. The SMILES string of the molecule is ClCCOC1CCCCO1.O=C1C(n2ccc(=O)n(C(=O)c3ccccc3)c2=O)CCN1c1ccc(O)cc1.O=C1C(n2ccc(=O)n(C(=O)c3ccccc3)c2=O)CCN1c1ccc(OCCO)cc1.